The summed E-state index contributed by atoms with van der Waals surface area (Å²) in [6.45, 7) is 0.778. The van der Waals surface area contributed by atoms with Crippen LogP contribution in [0.1, 0.15) is 19.3 Å². The first-order valence-corrected chi connectivity index (χ1v) is 7.30. The van der Waals surface area contributed by atoms with Crippen molar-refractivity contribution in [1.82, 2.24) is 5.32 Å². The van der Waals surface area contributed by atoms with E-state index in [0.717, 1.165) is 19.4 Å². The van der Waals surface area contributed by atoms with E-state index in [0.29, 0.717) is 17.1 Å². The molecule has 1 aliphatic rings. The highest BCUT2D eigenvalue weighted by Crippen LogP contribution is 2.22. The summed E-state index contributed by atoms with van der Waals surface area (Å²) in [5.41, 5.74) is 0. The minimum atomic E-state index is -3.25. The fourth-order valence-corrected chi connectivity index (χ4v) is 3.67. The molecule has 1 unspecified atom stereocenters. The Morgan fingerprint density at radius 2 is 1.94 bits per heavy atom. The molecular formula is C12H17NO3S. The second kappa shape index (κ2) is 5.06. The largest absolute Gasteiger partial charge is 0.497 e. The molecule has 1 atom stereocenters. The van der Waals surface area contributed by atoms with Gasteiger partial charge in [-0.3, -0.25) is 0 Å². The zero-order chi connectivity index (χ0) is 12.3. The van der Waals surface area contributed by atoms with Gasteiger partial charge in [-0.15, -0.1) is 0 Å². The number of rotatable bonds is 3. The highest BCUT2D eigenvalue weighted by Gasteiger charge is 2.28. The summed E-state index contributed by atoms with van der Waals surface area (Å²) >= 11 is 0. The van der Waals surface area contributed by atoms with Gasteiger partial charge < -0.3 is 10.1 Å². The van der Waals surface area contributed by atoms with E-state index in [1.807, 2.05) is 0 Å². The van der Waals surface area contributed by atoms with Gasteiger partial charge in [-0.05, 0) is 50.1 Å². The van der Waals surface area contributed by atoms with Crippen LogP contribution in [0.3, 0.4) is 0 Å². The zero-order valence-corrected chi connectivity index (χ0v) is 10.7. The number of benzene rings is 1. The van der Waals surface area contributed by atoms with Crippen LogP contribution in [0.4, 0.5) is 0 Å². The molecule has 0 aliphatic carbocycles. The van der Waals surface area contributed by atoms with E-state index >= 15 is 0 Å². The molecule has 1 saturated heterocycles. The third-order valence-electron chi connectivity index (χ3n) is 3.03. The predicted octanol–water partition coefficient (Wildman–Crippen LogP) is 1.57. The topological polar surface area (TPSA) is 55.4 Å². The Morgan fingerprint density at radius 3 is 2.47 bits per heavy atom. The number of hydrogen-bond acceptors (Lipinski definition) is 4. The molecule has 1 aromatic carbocycles. The molecule has 5 heteroatoms. The van der Waals surface area contributed by atoms with Crippen LogP contribution in [0.5, 0.6) is 5.75 Å². The maximum absolute atomic E-state index is 12.3. The lowest BCUT2D eigenvalue weighted by Gasteiger charge is -2.23. The normalized spacial score (nSPS) is 21.1. The van der Waals surface area contributed by atoms with Gasteiger partial charge in [0.15, 0.2) is 9.84 Å². The highest BCUT2D eigenvalue weighted by molar-refractivity contribution is 7.92. The molecular weight excluding hydrogens is 238 g/mol. The van der Waals surface area contributed by atoms with Gasteiger partial charge in [0.2, 0.25) is 0 Å². The van der Waals surface area contributed by atoms with Gasteiger partial charge in [-0.25, -0.2) is 8.42 Å². The molecule has 0 aromatic heterocycles. The molecule has 1 aliphatic heterocycles. The standard InChI is InChI=1S/C12H17NO3S/c1-16-10-5-7-11(8-6-10)17(14,15)12-4-2-3-9-13-12/h5-8,12-13H,2-4,9H2,1H3. The Morgan fingerprint density at radius 1 is 1.24 bits per heavy atom. The van der Waals surface area contributed by atoms with Crippen LogP contribution in [-0.2, 0) is 9.84 Å². The van der Waals surface area contributed by atoms with Gasteiger partial charge in [-0.1, -0.05) is 0 Å². The van der Waals surface area contributed by atoms with Crippen molar-refractivity contribution >= 4 is 9.84 Å². The van der Waals surface area contributed by atoms with Crippen LogP contribution >= 0.6 is 0 Å². The van der Waals surface area contributed by atoms with E-state index in [9.17, 15) is 8.42 Å². The summed E-state index contributed by atoms with van der Waals surface area (Å²) < 4.78 is 29.6. The van der Waals surface area contributed by atoms with Crippen LogP contribution < -0.4 is 10.1 Å². The molecule has 94 valence electrons. The first-order chi connectivity index (χ1) is 8.14. The number of sulfone groups is 1. The molecule has 2 rings (SSSR count). The van der Waals surface area contributed by atoms with E-state index in [4.69, 9.17) is 4.74 Å². The highest BCUT2D eigenvalue weighted by atomic mass is 32.2. The van der Waals surface area contributed by atoms with Gasteiger partial charge in [0.1, 0.15) is 11.1 Å². The van der Waals surface area contributed by atoms with Gasteiger partial charge in [0, 0.05) is 0 Å². The number of piperidine rings is 1. The number of ether oxygens (including phenoxy) is 1. The fraction of sp³-hybridized carbons (Fsp3) is 0.500. The summed E-state index contributed by atoms with van der Waals surface area (Å²) in [6.07, 6.45) is 2.70. The van der Waals surface area contributed by atoms with Gasteiger partial charge in [-0.2, -0.15) is 0 Å². The van der Waals surface area contributed by atoms with Crippen molar-refractivity contribution in [1.29, 1.82) is 0 Å². The minimum Gasteiger partial charge on any atom is -0.497 e. The monoisotopic (exact) mass is 255 g/mol. The Hall–Kier alpha value is -1.07. The molecule has 4 nitrogen and oxygen atoms in total. The lowest BCUT2D eigenvalue weighted by Crippen LogP contribution is -2.40. The number of methoxy groups -OCH3 is 1. The first-order valence-electron chi connectivity index (χ1n) is 5.76. The van der Waals surface area contributed by atoms with Crippen LogP contribution in [0, 0.1) is 0 Å². The average molecular weight is 255 g/mol. The van der Waals surface area contributed by atoms with Gasteiger partial charge >= 0.3 is 0 Å². The third kappa shape index (κ3) is 2.61. The van der Waals surface area contributed by atoms with Crippen molar-refractivity contribution in [3.8, 4) is 5.75 Å². The molecule has 1 N–H and O–H groups in total. The molecule has 0 radical (unpaired) electrons. The van der Waals surface area contributed by atoms with Crippen molar-refractivity contribution in [3.63, 3.8) is 0 Å². The quantitative estimate of drug-likeness (QED) is 0.890. The minimum absolute atomic E-state index is 0.359. The van der Waals surface area contributed by atoms with E-state index < -0.39 is 15.2 Å². The summed E-state index contributed by atoms with van der Waals surface area (Å²) in [5, 5.41) is 2.63. The van der Waals surface area contributed by atoms with Crippen LogP contribution in [0.15, 0.2) is 29.2 Å². The molecule has 17 heavy (non-hydrogen) atoms. The number of nitrogens with one attached hydrogen (secondary N) is 1. The van der Waals surface area contributed by atoms with E-state index in [1.54, 1.807) is 31.4 Å². The molecule has 1 fully saturated rings. The maximum Gasteiger partial charge on any atom is 0.194 e. The summed E-state index contributed by atoms with van der Waals surface area (Å²) in [7, 11) is -1.69. The predicted molar refractivity (Wildman–Crippen MR) is 65.8 cm³/mol. The third-order valence-corrected chi connectivity index (χ3v) is 5.11. The van der Waals surface area contributed by atoms with E-state index in [2.05, 4.69) is 5.32 Å². The SMILES string of the molecule is COc1ccc(S(=O)(=O)C2CCCCN2)cc1. The second-order valence-corrected chi connectivity index (χ2v) is 6.29. The van der Waals surface area contributed by atoms with Crippen LogP contribution in [-0.4, -0.2) is 27.4 Å². The van der Waals surface area contributed by atoms with Gasteiger partial charge in [0.25, 0.3) is 0 Å². The summed E-state index contributed by atoms with van der Waals surface area (Å²) in [5.74, 6) is 0.667. The zero-order valence-electron chi connectivity index (χ0n) is 9.85. The average Bonchev–Trinajstić information content (AvgIpc) is 2.40. The van der Waals surface area contributed by atoms with Gasteiger partial charge in [0.05, 0.1) is 12.0 Å². The van der Waals surface area contributed by atoms with E-state index in [-0.39, 0.29) is 0 Å². The molecule has 0 saturated carbocycles. The van der Waals surface area contributed by atoms with Crippen molar-refractivity contribution in [2.45, 2.75) is 29.5 Å². The van der Waals surface area contributed by atoms with Crippen molar-refractivity contribution in [2.75, 3.05) is 13.7 Å². The Bertz CT molecular complexity index is 461. The summed E-state index contributed by atoms with van der Waals surface area (Å²) in [6, 6.07) is 6.56. The number of hydrogen-bond donors (Lipinski definition) is 1. The Labute approximate surface area is 102 Å². The molecule has 0 bridgehead atoms. The smallest absolute Gasteiger partial charge is 0.194 e. The molecule has 0 amide bonds. The lowest BCUT2D eigenvalue weighted by atomic mass is 10.2. The van der Waals surface area contributed by atoms with E-state index in [1.165, 1.54) is 0 Å². The first kappa shape index (κ1) is 12.4. The van der Waals surface area contributed by atoms with Crippen molar-refractivity contribution in [3.05, 3.63) is 24.3 Å². The summed E-state index contributed by atoms with van der Waals surface area (Å²) in [4.78, 5) is 0.359. The second-order valence-electron chi connectivity index (χ2n) is 4.16. The van der Waals surface area contributed by atoms with Crippen molar-refractivity contribution in [2.24, 2.45) is 0 Å². The Balaban J connectivity index is 2.23. The van der Waals surface area contributed by atoms with Crippen LogP contribution in [0.25, 0.3) is 0 Å². The molecule has 1 aromatic rings. The lowest BCUT2D eigenvalue weighted by molar-refractivity contribution is 0.414. The maximum atomic E-state index is 12.3. The van der Waals surface area contributed by atoms with Crippen LogP contribution in [0.2, 0.25) is 0 Å². The fourth-order valence-electron chi connectivity index (χ4n) is 2.01. The Kier molecular flexibility index (Phi) is 3.69. The molecule has 1 heterocycles. The van der Waals surface area contributed by atoms with Crippen molar-refractivity contribution < 1.29 is 13.2 Å². The molecule has 0 spiro atoms.